The first-order valence-corrected chi connectivity index (χ1v) is 7.10. The average Bonchev–Trinajstić information content (AvgIpc) is 2.92. The van der Waals surface area contributed by atoms with Gasteiger partial charge in [0, 0.05) is 17.6 Å². The molecule has 0 fully saturated rings. The fourth-order valence-corrected chi connectivity index (χ4v) is 2.16. The van der Waals surface area contributed by atoms with Crippen molar-refractivity contribution in [1.82, 2.24) is 10.3 Å². The van der Waals surface area contributed by atoms with Crippen LogP contribution in [0.1, 0.15) is 26.5 Å². The minimum absolute atomic E-state index is 0.0308. The SMILES string of the molecule is CC(C)(C)NCc1ncoc1-c1ccc2c(c1)OCCO2. The molecule has 21 heavy (non-hydrogen) atoms. The summed E-state index contributed by atoms with van der Waals surface area (Å²) >= 11 is 0. The molecule has 0 aliphatic carbocycles. The van der Waals surface area contributed by atoms with Gasteiger partial charge in [-0.1, -0.05) is 0 Å². The van der Waals surface area contributed by atoms with E-state index in [1.165, 1.54) is 6.39 Å². The number of oxazole rings is 1. The van der Waals surface area contributed by atoms with E-state index in [0.717, 1.165) is 28.5 Å². The predicted octanol–water partition coefficient (Wildman–Crippen LogP) is 3.00. The molecule has 0 unspecified atom stereocenters. The van der Waals surface area contributed by atoms with Gasteiger partial charge < -0.3 is 19.2 Å². The highest BCUT2D eigenvalue weighted by Gasteiger charge is 2.18. The summed E-state index contributed by atoms with van der Waals surface area (Å²) in [6.45, 7) is 8.19. The number of aromatic nitrogens is 1. The molecule has 2 heterocycles. The van der Waals surface area contributed by atoms with Crippen molar-refractivity contribution in [3.63, 3.8) is 0 Å². The van der Waals surface area contributed by atoms with Gasteiger partial charge in [0.15, 0.2) is 23.7 Å². The molecule has 0 bridgehead atoms. The van der Waals surface area contributed by atoms with Crippen molar-refractivity contribution in [2.24, 2.45) is 0 Å². The Labute approximate surface area is 124 Å². The van der Waals surface area contributed by atoms with E-state index in [1.807, 2.05) is 18.2 Å². The van der Waals surface area contributed by atoms with Crippen LogP contribution in [0, 0.1) is 0 Å². The molecule has 1 aromatic carbocycles. The summed E-state index contributed by atoms with van der Waals surface area (Å²) in [6, 6.07) is 5.82. The highest BCUT2D eigenvalue weighted by molar-refractivity contribution is 5.64. The van der Waals surface area contributed by atoms with Crippen LogP contribution < -0.4 is 14.8 Å². The van der Waals surface area contributed by atoms with E-state index in [-0.39, 0.29) is 5.54 Å². The number of nitrogens with one attached hydrogen (secondary N) is 1. The molecule has 3 rings (SSSR count). The fourth-order valence-electron chi connectivity index (χ4n) is 2.16. The van der Waals surface area contributed by atoms with E-state index in [2.05, 4.69) is 31.1 Å². The fraction of sp³-hybridized carbons (Fsp3) is 0.438. The quantitative estimate of drug-likeness (QED) is 0.941. The second kappa shape index (κ2) is 5.41. The third-order valence-corrected chi connectivity index (χ3v) is 3.23. The van der Waals surface area contributed by atoms with Crippen molar-refractivity contribution in [3.8, 4) is 22.8 Å². The maximum absolute atomic E-state index is 5.61. The average molecular weight is 288 g/mol. The number of hydrogen-bond acceptors (Lipinski definition) is 5. The molecule has 0 radical (unpaired) electrons. The molecule has 0 atom stereocenters. The van der Waals surface area contributed by atoms with E-state index >= 15 is 0 Å². The van der Waals surface area contributed by atoms with Crippen molar-refractivity contribution >= 4 is 0 Å². The summed E-state index contributed by atoms with van der Waals surface area (Å²) in [5, 5.41) is 3.42. The van der Waals surface area contributed by atoms with Gasteiger partial charge >= 0.3 is 0 Å². The topological polar surface area (TPSA) is 56.5 Å². The molecule has 112 valence electrons. The molecule has 5 heteroatoms. The molecule has 1 aromatic heterocycles. The summed E-state index contributed by atoms with van der Waals surface area (Å²) in [7, 11) is 0. The zero-order valence-electron chi connectivity index (χ0n) is 12.6. The van der Waals surface area contributed by atoms with E-state index in [1.54, 1.807) is 0 Å². The van der Waals surface area contributed by atoms with Crippen LogP contribution >= 0.6 is 0 Å². The third-order valence-electron chi connectivity index (χ3n) is 3.23. The number of ether oxygens (including phenoxy) is 2. The summed E-state index contributed by atoms with van der Waals surface area (Å²) in [4.78, 5) is 4.31. The van der Waals surface area contributed by atoms with E-state index in [0.29, 0.717) is 19.8 Å². The molecular formula is C16H20N2O3. The van der Waals surface area contributed by atoms with Crippen LogP contribution in [-0.2, 0) is 6.54 Å². The number of benzene rings is 1. The number of hydrogen-bond donors (Lipinski definition) is 1. The lowest BCUT2D eigenvalue weighted by Crippen LogP contribution is -2.35. The molecule has 1 N–H and O–H groups in total. The van der Waals surface area contributed by atoms with E-state index in [9.17, 15) is 0 Å². The summed E-state index contributed by atoms with van der Waals surface area (Å²) in [5.74, 6) is 2.30. The maximum Gasteiger partial charge on any atom is 0.181 e. The number of fused-ring (bicyclic) bond motifs is 1. The molecule has 1 aliphatic rings. The van der Waals surface area contributed by atoms with Gasteiger partial charge in [-0.25, -0.2) is 4.98 Å². The van der Waals surface area contributed by atoms with Gasteiger partial charge in [-0.05, 0) is 39.0 Å². The van der Waals surface area contributed by atoms with Crippen LogP contribution in [-0.4, -0.2) is 23.7 Å². The minimum Gasteiger partial charge on any atom is -0.486 e. The maximum atomic E-state index is 5.61. The Morgan fingerprint density at radius 2 is 1.90 bits per heavy atom. The molecule has 0 saturated carbocycles. The second-order valence-electron chi connectivity index (χ2n) is 6.09. The van der Waals surface area contributed by atoms with Crippen LogP contribution in [0.5, 0.6) is 11.5 Å². The van der Waals surface area contributed by atoms with Gasteiger partial charge in [0.05, 0.1) is 0 Å². The Balaban J connectivity index is 1.86. The predicted molar refractivity (Wildman–Crippen MR) is 79.5 cm³/mol. The summed E-state index contributed by atoms with van der Waals surface area (Å²) < 4.78 is 16.7. The van der Waals surface area contributed by atoms with Crippen molar-refractivity contribution in [2.75, 3.05) is 13.2 Å². The normalized spacial score (nSPS) is 14.2. The summed E-state index contributed by atoms with van der Waals surface area (Å²) in [6.07, 6.45) is 1.48. The lowest BCUT2D eigenvalue weighted by molar-refractivity contribution is 0.171. The highest BCUT2D eigenvalue weighted by Crippen LogP contribution is 2.35. The van der Waals surface area contributed by atoms with Crippen molar-refractivity contribution in [3.05, 3.63) is 30.3 Å². The standard InChI is InChI=1S/C16H20N2O3/c1-16(2,3)18-9-12-15(21-10-17-12)11-4-5-13-14(8-11)20-7-6-19-13/h4-5,8,10,18H,6-7,9H2,1-3H3. The van der Waals surface area contributed by atoms with E-state index in [4.69, 9.17) is 13.9 Å². The number of rotatable bonds is 3. The van der Waals surface area contributed by atoms with Gasteiger partial charge in [-0.15, -0.1) is 0 Å². The van der Waals surface area contributed by atoms with Crippen molar-refractivity contribution in [2.45, 2.75) is 32.9 Å². The van der Waals surface area contributed by atoms with Crippen LogP contribution in [0.2, 0.25) is 0 Å². The smallest absolute Gasteiger partial charge is 0.181 e. The van der Waals surface area contributed by atoms with Gasteiger partial charge in [0.25, 0.3) is 0 Å². The van der Waals surface area contributed by atoms with Crippen LogP contribution in [0.25, 0.3) is 11.3 Å². The number of nitrogens with zero attached hydrogens (tertiary/aromatic N) is 1. The van der Waals surface area contributed by atoms with Gasteiger partial charge in [-0.2, -0.15) is 0 Å². The van der Waals surface area contributed by atoms with Gasteiger partial charge in [0.1, 0.15) is 18.9 Å². The molecule has 0 saturated heterocycles. The Morgan fingerprint density at radius 1 is 1.14 bits per heavy atom. The lowest BCUT2D eigenvalue weighted by atomic mass is 10.1. The molecule has 5 nitrogen and oxygen atoms in total. The van der Waals surface area contributed by atoms with Gasteiger partial charge in [-0.3, -0.25) is 0 Å². The molecular weight excluding hydrogens is 268 g/mol. The third kappa shape index (κ3) is 3.19. The molecule has 0 amide bonds. The summed E-state index contributed by atoms with van der Waals surface area (Å²) in [5.41, 5.74) is 1.87. The van der Waals surface area contributed by atoms with Crippen LogP contribution in [0.3, 0.4) is 0 Å². The lowest BCUT2D eigenvalue weighted by Gasteiger charge is -2.20. The molecule has 2 aromatic rings. The largest absolute Gasteiger partial charge is 0.486 e. The Hall–Kier alpha value is -2.01. The zero-order valence-corrected chi connectivity index (χ0v) is 12.6. The molecule has 0 spiro atoms. The molecule has 1 aliphatic heterocycles. The Morgan fingerprint density at radius 3 is 2.67 bits per heavy atom. The van der Waals surface area contributed by atoms with E-state index < -0.39 is 0 Å². The van der Waals surface area contributed by atoms with Gasteiger partial charge in [0.2, 0.25) is 0 Å². The first kappa shape index (κ1) is 13.9. The van der Waals surface area contributed by atoms with Crippen LogP contribution in [0.15, 0.2) is 29.0 Å². The van der Waals surface area contributed by atoms with Crippen LogP contribution in [0.4, 0.5) is 0 Å². The van der Waals surface area contributed by atoms with Crippen molar-refractivity contribution < 1.29 is 13.9 Å². The first-order valence-electron chi connectivity index (χ1n) is 7.10. The first-order chi connectivity index (χ1) is 10.0. The Bertz CT molecular complexity index is 629. The van der Waals surface area contributed by atoms with Crippen molar-refractivity contribution in [1.29, 1.82) is 0 Å². The second-order valence-corrected chi connectivity index (χ2v) is 6.09. The minimum atomic E-state index is 0.0308. The monoisotopic (exact) mass is 288 g/mol. The zero-order chi connectivity index (χ0) is 14.9. The Kier molecular flexibility index (Phi) is 3.59. The highest BCUT2D eigenvalue weighted by atomic mass is 16.6.